The molecule has 2 rings (SSSR count). The number of aryl methyl sites for hydroxylation is 1. The minimum absolute atomic E-state index is 0.0833. The number of amides is 1. The van der Waals surface area contributed by atoms with Crippen LogP contribution in [-0.2, 0) is 6.54 Å². The molecule has 6 nitrogen and oxygen atoms in total. The fourth-order valence-corrected chi connectivity index (χ4v) is 1.72. The van der Waals surface area contributed by atoms with Gasteiger partial charge in [-0.3, -0.25) is 4.79 Å². The maximum absolute atomic E-state index is 11.8. The van der Waals surface area contributed by atoms with Crippen molar-refractivity contribution in [2.45, 2.75) is 13.5 Å². The van der Waals surface area contributed by atoms with E-state index in [9.17, 15) is 9.90 Å². The van der Waals surface area contributed by atoms with Gasteiger partial charge in [-0.25, -0.2) is 0 Å². The highest BCUT2D eigenvalue weighted by Crippen LogP contribution is 2.21. The van der Waals surface area contributed by atoms with E-state index < -0.39 is 5.91 Å². The van der Waals surface area contributed by atoms with Crippen LogP contribution in [0.25, 0.3) is 0 Å². The molecule has 1 aromatic carbocycles. The van der Waals surface area contributed by atoms with Gasteiger partial charge in [-0.1, -0.05) is 21.1 Å². The van der Waals surface area contributed by atoms with E-state index in [4.69, 9.17) is 4.52 Å². The average Bonchev–Trinajstić information content (AvgIpc) is 2.75. The van der Waals surface area contributed by atoms with E-state index in [0.717, 1.165) is 0 Å². The predicted octanol–water partition coefficient (Wildman–Crippen LogP) is 1.78. The molecule has 94 valence electrons. The van der Waals surface area contributed by atoms with Crippen molar-refractivity contribution in [3.8, 4) is 5.75 Å². The molecular formula is C11H10BrN3O3. The van der Waals surface area contributed by atoms with Crippen LogP contribution < -0.4 is 5.32 Å². The van der Waals surface area contributed by atoms with Gasteiger partial charge in [-0.15, -0.1) is 0 Å². The summed E-state index contributed by atoms with van der Waals surface area (Å²) in [5.41, 5.74) is 0.185. The van der Waals surface area contributed by atoms with E-state index in [1.165, 1.54) is 12.1 Å². The summed E-state index contributed by atoms with van der Waals surface area (Å²) in [5.74, 6) is 0.330. The molecule has 1 aromatic heterocycles. The molecule has 0 fully saturated rings. The summed E-state index contributed by atoms with van der Waals surface area (Å²) >= 11 is 3.23. The SMILES string of the molecule is Cc1nc(CNC(=O)c2cc(Br)ccc2O)no1. The molecule has 0 saturated carbocycles. The Labute approximate surface area is 111 Å². The number of hydrogen-bond acceptors (Lipinski definition) is 5. The summed E-state index contributed by atoms with van der Waals surface area (Å²) < 4.78 is 5.49. The van der Waals surface area contributed by atoms with E-state index in [2.05, 4.69) is 31.4 Å². The smallest absolute Gasteiger partial charge is 0.255 e. The Morgan fingerprint density at radius 1 is 1.56 bits per heavy atom. The average molecular weight is 312 g/mol. The van der Waals surface area contributed by atoms with Crippen molar-refractivity contribution in [1.82, 2.24) is 15.5 Å². The van der Waals surface area contributed by atoms with Crippen LogP contribution in [0.5, 0.6) is 5.75 Å². The largest absolute Gasteiger partial charge is 0.507 e. The van der Waals surface area contributed by atoms with Crippen LogP contribution in [0.4, 0.5) is 0 Å². The van der Waals surface area contributed by atoms with E-state index in [1.807, 2.05) is 0 Å². The number of rotatable bonds is 3. The van der Waals surface area contributed by atoms with Crippen LogP contribution in [0.15, 0.2) is 27.2 Å². The zero-order chi connectivity index (χ0) is 13.1. The van der Waals surface area contributed by atoms with Crippen LogP contribution in [-0.4, -0.2) is 21.2 Å². The topological polar surface area (TPSA) is 88.2 Å². The number of carbonyl (C=O) groups is 1. The zero-order valence-corrected chi connectivity index (χ0v) is 11.1. The summed E-state index contributed by atoms with van der Waals surface area (Å²) in [4.78, 5) is 15.8. The first-order valence-electron chi connectivity index (χ1n) is 5.12. The Morgan fingerprint density at radius 2 is 2.33 bits per heavy atom. The van der Waals surface area contributed by atoms with E-state index in [1.54, 1.807) is 13.0 Å². The van der Waals surface area contributed by atoms with E-state index in [0.29, 0.717) is 16.2 Å². The zero-order valence-electron chi connectivity index (χ0n) is 9.48. The number of halogens is 1. The first-order chi connectivity index (χ1) is 8.56. The molecule has 0 aliphatic carbocycles. The Bertz CT molecular complexity index is 583. The molecule has 1 amide bonds. The summed E-state index contributed by atoms with van der Waals surface area (Å²) in [6, 6.07) is 4.62. The third-order valence-electron chi connectivity index (χ3n) is 2.18. The summed E-state index contributed by atoms with van der Waals surface area (Å²) in [7, 11) is 0. The molecule has 0 atom stereocenters. The highest BCUT2D eigenvalue weighted by atomic mass is 79.9. The molecule has 0 bridgehead atoms. The molecule has 18 heavy (non-hydrogen) atoms. The highest BCUT2D eigenvalue weighted by molar-refractivity contribution is 9.10. The van der Waals surface area contributed by atoms with E-state index >= 15 is 0 Å². The number of phenolic OH excluding ortho intramolecular Hbond substituents is 1. The lowest BCUT2D eigenvalue weighted by molar-refractivity contribution is 0.0947. The van der Waals surface area contributed by atoms with Gasteiger partial charge in [-0.2, -0.15) is 4.98 Å². The monoisotopic (exact) mass is 311 g/mol. The number of nitrogens with zero attached hydrogens (tertiary/aromatic N) is 2. The molecule has 0 aliphatic heterocycles. The lowest BCUT2D eigenvalue weighted by atomic mass is 10.2. The Morgan fingerprint density at radius 3 is 3.00 bits per heavy atom. The third kappa shape index (κ3) is 2.86. The summed E-state index contributed by atoms with van der Waals surface area (Å²) in [6.45, 7) is 1.81. The molecule has 7 heteroatoms. The van der Waals surface area contributed by atoms with Gasteiger partial charge in [0.2, 0.25) is 5.89 Å². The summed E-state index contributed by atoms with van der Waals surface area (Å²) in [6.07, 6.45) is 0. The highest BCUT2D eigenvalue weighted by Gasteiger charge is 2.12. The van der Waals surface area contributed by atoms with Gasteiger partial charge in [0.25, 0.3) is 5.91 Å². The van der Waals surface area contributed by atoms with Gasteiger partial charge in [0.1, 0.15) is 5.75 Å². The normalized spacial score (nSPS) is 10.3. The fourth-order valence-electron chi connectivity index (χ4n) is 1.36. The third-order valence-corrected chi connectivity index (χ3v) is 2.67. The van der Waals surface area contributed by atoms with Crippen molar-refractivity contribution in [2.24, 2.45) is 0 Å². The van der Waals surface area contributed by atoms with Crippen LogP contribution in [0.2, 0.25) is 0 Å². The summed E-state index contributed by atoms with van der Waals surface area (Å²) in [5, 5.41) is 15.8. The molecule has 0 aliphatic rings. The lowest BCUT2D eigenvalue weighted by Crippen LogP contribution is -2.23. The van der Waals surface area contributed by atoms with Crippen LogP contribution in [0.1, 0.15) is 22.1 Å². The number of aromatic nitrogens is 2. The first kappa shape index (κ1) is 12.6. The second kappa shape index (κ2) is 5.18. The van der Waals surface area contributed by atoms with Crippen molar-refractivity contribution < 1.29 is 14.4 Å². The minimum Gasteiger partial charge on any atom is -0.507 e. The number of nitrogens with one attached hydrogen (secondary N) is 1. The Kier molecular flexibility index (Phi) is 3.61. The number of benzene rings is 1. The van der Waals surface area contributed by atoms with Crippen LogP contribution in [0.3, 0.4) is 0 Å². The molecule has 2 aromatic rings. The fraction of sp³-hybridized carbons (Fsp3) is 0.182. The Balaban J connectivity index is 2.05. The van der Waals surface area contributed by atoms with Crippen LogP contribution in [0, 0.1) is 6.92 Å². The predicted molar refractivity (Wildman–Crippen MR) is 66.0 cm³/mol. The van der Waals surface area contributed by atoms with Crippen molar-refractivity contribution in [3.05, 3.63) is 40.0 Å². The van der Waals surface area contributed by atoms with Crippen LogP contribution >= 0.6 is 15.9 Å². The minimum atomic E-state index is -0.406. The van der Waals surface area contributed by atoms with Gasteiger partial charge in [0.15, 0.2) is 5.82 Å². The first-order valence-corrected chi connectivity index (χ1v) is 5.91. The standard InChI is InChI=1S/C11H10BrN3O3/c1-6-14-10(15-18-6)5-13-11(17)8-4-7(12)2-3-9(8)16/h2-4,16H,5H2,1H3,(H,13,17). The number of aromatic hydroxyl groups is 1. The van der Waals surface area contributed by atoms with E-state index in [-0.39, 0.29) is 17.9 Å². The Hall–Kier alpha value is -1.89. The molecular weight excluding hydrogens is 302 g/mol. The molecule has 0 saturated heterocycles. The maximum Gasteiger partial charge on any atom is 0.255 e. The maximum atomic E-state index is 11.8. The lowest BCUT2D eigenvalue weighted by Gasteiger charge is -2.05. The van der Waals surface area contributed by atoms with Crippen molar-refractivity contribution in [2.75, 3.05) is 0 Å². The molecule has 1 heterocycles. The molecule has 0 radical (unpaired) electrons. The quantitative estimate of drug-likeness (QED) is 0.902. The molecule has 2 N–H and O–H groups in total. The van der Waals surface area contributed by atoms with Gasteiger partial charge < -0.3 is 14.9 Å². The molecule has 0 spiro atoms. The van der Waals surface area contributed by atoms with Crippen molar-refractivity contribution in [1.29, 1.82) is 0 Å². The number of phenols is 1. The van der Waals surface area contributed by atoms with Gasteiger partial charge in [-0.05, 0) is 18.2 Å². The second-order valence-electron chi connectivity index (χ2n) is 3.57. The van der Waals surface area contributed by atoms with Crippen molar-refractivity contribution >= 4 is 21.8 Å². The van der Waals surface area contributed by atoms with Crippen molar-refractivity contribution in [3.63, 3.8) is 0 Å². The second-order valence-corrected chi connectivity index (χ2v) is 4.49. The van der Waals surface area contributed by atoms with Gasteiger partial charge in [0, 0.05) is 11.4 Å². The molecule has 0 unspecified atom stereocenters. The van der Waals surface area contributed by atoms with Gasteiger partial charge in [0.05, 0.1) is 12.1 Å². The number of carbonyl (C=O) groups excluding carboxylic acids is 1. The number of hydrogen-bond donors (Lipinski definition) is 2. The van der Waals surface area contributed by atoms with Gasteiger partial charge >= 0.3 is 0 Å².